The number of nitrogens with one attached hydrogen (secondary N) is 1. The van der Waals surface area contributed by atoms with Crippen LogP contribution in [0.1, 0.15) is 60.8 Å². The van der Waals surface area contributed by atoms with Gasteiger partial charge in [-0.3, -0.25) is 4.84 Å². The summed E-state index contributed by atoms with van der Waals surface area (Å²) in [7, 11) is 1.16. The number of nitrogens with zero attached hydrogens (tertiary/aromatic N) is 1. The minimum atomic E-state index is -0.166. The molecule has 1 heterocycles. The second-order valence-corrected chi connectivity index (χ2v) is 7.80. The van der Waals surface area contributed by atoms with Crippen molar-refractivity contribution in [2.75, 3.05) is 13.0 Å². The van der Waals surface area contributed by atoms with Crippen LogP contribution >= 0.6 is 0 Å². The van der Waals surface area contributed by atoms with Gasteiger partial charge < -0.3 is 5.32 Å². The van der Waals surface area contributed by atoms with Crippen molar-refractivity contribution < 1.29 is 4.84 Å². The predicted molar refractivity (Wildman–Crippen MR) is 84.9 cm³/mol. The minimum Gasteiger partial charge on any atom is -0.321 e. The zero-order valence-electron chi connectivity index (χ0n) is 14.1. The van der Waals surface area contributed by atoms with Crippen molar-refractivity contribution in [2.24, 2.45) is 0 Å². The lowest BCUT2D eigenvalue weighted by Gasteiger charge is -2.53. The maximum Gasteiger partial charge on any atom is 0.134 e. The number of hydrogen-bond acceptors (Lipinski definition) is 3. The van der Waals surface area contributed by atoms with Crippen LogP contribution < -0.4 is 5.32 Å². The second kappa shape index (κ2) is 6.15. The average molecular weight is 268 g/mol. The van der Waals surface area contributed by atoms with Gasteiger partial charge in [-0.1, -0.05) is 6.82 Å². The molecule has 1 saturated heterocycles. The molecule has 0 atom stereocenters. The van der Waals surface area contributed by atoms with Crippen molar-refractivity contribution in [1.29, 1.82) is 0 Å². The van der Waals surface area contributed by atoms with Crippen molar-refractivity contribution in [3.8, 4) is 0 Å². The Hall–Kier alpha value is -0.0551. The zero-order valence-corrected chi connectivity index (χ0v) is 14.1. The summed E-state index contributed by atoms with van der Waals surface area (Å²) in [5.74, 6) is 0. The lowest BCUT2D eigenvalue weighted by atomic mass is 9.82. The van der Waals surface area contributed by atoms with Crippen molar-refractivity contribution in [2.45, 2.75) is 84.3 Å². The Morgan fingerprint density at radius 2 is 1.68 bits per heavy atom. The van der Waals surface area contributed by atoms with Crippen LogP contribution in [0.5, 0.6) is 0 Å². The van der Waals surface area contributed by atoms with Gasteiger partial charge in [-0.25, -0.2) is 0 Å². The zero-order chi connectivity index (χ0) is 14.7. The van der Waals surface area contributed by atoms with Gasteiger partial charge >= 0.3 is 0 Å². The normalized spacial score (nSPS) is 23.3. The number of rotatable bonds is 6. The highest BCUT2D eigenvalue weighted by atomic mass is 16.7. The molecule has 0 amide bonds. The van der Waals surface area contributed by atoms with Crippen molar-refractivity contribution in [3.05, 3.63) is 0 Å². The van der Waals surface area contributed by atoms with Crippen molar-refractivity contribution >= 4 is 7.28 Å². The first-order chi connectivity index (χ1) is 8.61. The van der Waals surface area contributed by atoms with Crippen LogP contribution in [0, 0.1) is 0 Å². The largest absolute Gasteiger partial charge is 0.321 e. The minimum absolute atomic E-state index is 0.115. The number of piperidine rings is 1. The summed E-state index contributed by atoms with van der Waals surface area (Å²) in [6.45, 7) is 16.6. The highest BCUT2D eigenvalue weighted by molar-refractivity contribution is 6.33. The van der Waals surface area contributed by atoms with E-state index in [0.717, 1.165) is 20.3 Å². The lowest BCUT2D eigenvalue weighted by molar-refractivity contribution is -0.327. The van der Waals surface area contributed by atoms with Crippen molar-refractivity contribution in [3.63, 3.8) is 0 Å². The molecule has 0 aromatic rings. The van der Waals surface area contributed by atoms with Crippen molar-refractivity contribution in [1.82, 2.24) is 10.4 Å². The SMILES string of the molecule is CBCNCC(C)(C)ON1C(C)(C)CCCC1(C)C. The van der Waals surface area contributed by atoms with E-state index in [-0.39, 0.29) is 16.7 Å². The van der Waals surface area contributed by atoms with Crippen LogP contribution in [0.3, 0.4) is 0 Å². The van der Waals surface area contributed by atoms with E-state index in [1.807, 2.05) is 0 Å². The average Bonchev–Trinajstić information content (AvgIpc) is 2.23. The van der Waals surface area contributed by atoms with Gasteiger partial charge in [0.1, 0.15) is 7.28 Å². The Kier molecular flexibility index (Phi) is 5.50. The van der Waals surface area contributed by atoms with E-state index in [2.05, 4.69) is 58.7 Å². The standard InChI is InChI=1S/C15H33BN2O/c1-13(2)9-8-10-14(3,4)18(13)19-15(5,6)11-17-12-16-7/h16-17H,8-12H2,1-7H3. The van der Waals surface area contributed by atoms with Gasteiger partial charge in [-0.2, -0.15) is 5.06 Å². The highest BCUT2D eigenvalue weighted by Gasteiger charge is 2.44. The molecule has 0 aromatic heterocycles. The molecule has 0 aromatic carbocycles. The van der Waals surface area contributed by atoms with Gasteiger partial charge in [-0.15, -0.1) is 0 Å². The molecule has 1 aliphatic heterocycles. The van der Waals surface area contributed by atoms with Gasteiger partial charge in [0.15, 0.2) is 0 Å². The summed E-state index contributed by atoms with van der Waals surface area (Å²) in [6, 6.07) is 0. The quantitative estimate of drug-likeness (QED) is 0.592. The van der Waals surface area contributed by atoms with Gasteiger partial charge in [0, 0.05) is 17.6 Å². The fraction of sp³-hybridized carbons (Fsp3) is 1.00. The van der Waals surface area contributed by atoms with E-state index in [0.29, 0.717) is 0 Å². The first kappa shape index (κ1) is 17.0. The topological polar surface area (TPSA) is 24.5 Å². The molecule has 4 heteroatoms. The molecule has 1 N–H and O–H groups in total. The van der Waals surface area contributed by atoms with Crippen LogP contribution in [0.2, 0.25) is 6.82 Å². The number of hydroxylamine groups is 2. The fourth-order valence-electron chi connectivity index (χ4n) is 3.07. The van der Waals surface area contributed by atoms with Gasteiger partial charge in [0.05, 0.1) is 5.60 Å². The number of hydrogen-bond donors (Lipinski definition) is 1. The molecular formula is C15H33BN2O. The van der Waals surface area contributed by atoms with Crippen LogP contribution in [-0.4, -0.2) is 42.0 Å². The molecule has 3 nitrogen and oxygen atoms in total. The molecule has 0 unspecified atom stereocenters. The fourth-order valence-corrected chi connectivity index (χ4v) is 3.07. The Bertz CT molecular complexity index is 274. The summed E-state index contributed by atoms with van der Waals surface area (Å²) in [5, 5.41) is 5.73. The molecule has 1 rings (SSSR count). The molecular weight excluding hydrogens is 235 g/mol. The summed E-state index contributed by atoms with van der Waals surface area (Å²) in [6.07, 6.45) is 4.75. The molecule has 0 bridgehead atoms. The molecule has 0 radical (unpaired) electrons. The molecule has 0 aliphatic carbocycles. The van der Waals surface area contributed by atoms with E-state index in [1.165, 1.54) is 19.3 Å². The third-order valence-corrected chi connectivity index (χ3v) is 3.99. The molecule has 1 fully saturated rings. The Balaban J connectivity index is 2.70. The molecule has 0 spiro atoms. The Morgan fingerprint density at radius 1 is 1.16 bits per heavy atom. The van der Waals surface area contributed by atoms with Crippen LogP contribution in [-0.2, 0) is 4.84 Å². The first-order valence-electron chi connectivity index (χ1n) is 7.81. The molecule has 112 valence electrons. The second-order valence-electron chi connectivity index (χ2n) is 7.80. The van der Waals surface area contributed by atoms with Crippen LogP contribution in [0.25, 0.3) is 0 Å². The third-order valence-electron chi connectivity index (χ3n) is 3.99. The Morgan fingerprint density at radius 3 is 2.16 bits per heavy atom. The van der Waals surface area contributed by atoms with E-state index in [4.69, 9.17) is 4.84 Å². The molecule has 0 saturated carbocycles. The smallest absolute Gasteiger partial charge is 0.134 e. The predicted octanol–water partition coefficient (Wildman–Crippen LogP) is 2.77. The van der Waals surface area contributed by atoms with E-state index < -0.39 is 0 Å². The molecule has 1 aliphatic rings. The van der Waals surface area contributed by atoms with E-state index in [9.17, 15) is 0 Å². The Labute approximate surface area is 120 Å². The summed E-state index contributed by atoms with van der Waals surface area (Å²) >= 11 is 0. The van der Waals surface area contributed by atoms with Crippen LogP contribution in [0.4, 0.5) is 0 Å². The van der Waals surface area contributed by atoms with E-state index >= 15 is 0 Å². The van der Waals surface area contributed by atoms with Gasteiger partial charge in [0.2, 0.25) is 0 Å². The van der Waals surface area contributed by atoms with Gasteiger partial charge in [0.25, 0.3) is 0 Å². The van der Waals surface area contributed by atoms with Crippen LogP contribution in [0.15, 0.2) is 0 Å². The highest BCUT2D eigenvalue weighted by Crippen LogP contribution is 2.39. The summed E-state index contributed by atoms with van der Waals surface area (Å²) < 4.78 is 0. The summed E-state index contributed by atoms with van der Waals surface area (Å²) in [5.41, 5.74) is 0.0641. The third kappa shape index (κ3) is 4.76. The summed E-state index contributed by atoms with van der Waals surface area (Å²) in [4.78, 5) is 6.43. The van der Waals surface area contributed by atoms with E-state index in [1.54, 1.807) is 0 Å². The van der Waals surface area contributed by atoms with Gasteiger partial charge in [-0.05, 0) is 67.2 Å². The maximum atomic E-state index is 6.43. The lowest BCUT2D eigenvalue weighted by Crippen LogP contribution is -2.61. The first-order valence-corrected chi connectivity index (χ1v) is 7.81. The molecule has 19 heavy (non-hydrogen) atoms. The maximum absolute atomic E-state index is 6.43. The monoisotopic (exact) mass is 268 g/mol.